The Labute approximate surface area is 186 Å². The van der Waals surface area contributed by atoms with E-state index in [1.807, 2.05) is 6.07 Å². The molecular weight excluding hydrogens is 446 g/mol. The van der Waals surface area contributed by atoms with Crippen molar-refractivity contribution in [1.82, 2.24) is 15.2 Å². The molecule has 0 atom stereocenters. The van der Waals surface area contributed by atoms with Gasteiger partial charge >= 0.3 is 0 Å². The van der Waals surface area contributed by atoms with Gasteiger partial charge in [0.1, 0.15) is 11.5 Å². The lowest BCUT2D eigenvalue weighted by atomic mass is 10.1. The summed E-state index contributed by atoms with van der Waals surface area (Å²) in [6, 6.07) is 9.30. The van der Waals surface area contributed by atoms with Gasteiger partial charge in [-0.05, 0) is 31.2 Å². The van der Waals surface area contributed by atoms with E-state index in [0.717, 1.165) is 0 Å². The summed E-state index contributed by atoms with van der Waals surface area (Å²) in [5.41, 5.74) is 0.934. The monoisotopic (exact) mass is 458 g/mol. The Hall–Kier alpha value is -3.41. The van der Waals surface area contributed by atoms with E-state index < -0.39 is 5.82 Å². The van der Waals surface area contributed by atoms with Crippen molar-refractivity contribution in [3.8, 4) is 29.2 Å². The van der Waals surface area contributed by atoms with Crippen LogP contribution in [-0.2, 0) is 6.42 Å². The lowest BCUT2D eigenvalue weighted by Crippen LogP contribution is -1.98. The van der Waals surface area contributed by atoms with E-state index in [4.69, 9.17) is 42.0 Å². The maximum atomic E-state index is 15.2. The molecular formula is C21H13Cl2FN4O3. The fourth-order valence-corrected chi connectivity index (χ4v) is 3.33. The predicted molar refractivity (Wildman–Crippen MR) is 110 cm³/mol. The SMILES string of the molecule is Cc1nc(-c2nnc(Cc3ccc(Cl)c(Oc4cc(Cl)cc(C#N)c4)c3F)o2)c(C)o1. The zero-order valence-electron chi connectivity index (χ0n) is 16.2. The summed E-state index contributed by atoms with van der Waals surface area (Å²) >= 11 is 12.1. The second kappa shape index (κ2) is 8.38. The van der Waals surface area contributed by atoms with Gasteiger partial charge in [0, 0.05) is 17.5 Å². The standard InChI is InChI=1S/C21H13Cl2FN4O3/c1-10-19(26-11(2)29-10)21-28-27-17(31-21)7-13-3-4-16(23)20(18(13)24)30-15-6-12(9-25)5-14(22)8-15/h3-6,8H,7H2,1-2H3. The number of oxazole rings is 1. The van der Waals surface area contributed by atoms with Crippen LogP contribution in [0.3, 0.4) is 0 Å². The summed E-state index contributed by atoms with van der Waals surface area (Å²) < 4.78 is 31.7. The van der Waals surface area contributed by atoms with Crippen molar-refractivity contribution in [3.05, 3.63) is 74.9 Å². The molecule has 0 aliphatic heterocycles. The lowest BCUT2D eigenvalue weighted by molar-refractivity contribution is 0.437. The van der Waals surface area contributed by atoms with Crippen molar-refractivity contribution in [2.45, 2.75) is 20.3 Å². The number of ether oxygens (including phenoxy) is 1. The molecule has 0 bridgehead atoms. The highest BCUT2D eigenvalue weighted by molar-refractivity contribution is 6.32. The molecule has 0 unspecified atom stereocenters. The number of hydrogen-bond donors (Lipinski definition) is 0. The van der Waals surface area contributed by atoms with Gasteiger partial charge in [0.05, 0.1) is 23.1 Å². The minimum Gasteiger partial charge on any atom is -0.453 e. The zero-order chi connectivity index (χ0) is 22.1. The summed E-state index contributed by atoms with van der Waals surface area (Å²) in [6.07, 6.45) is 0.00123. The van der Waals surface area contributed by atoms with Crippen molar-refractivity contribution >= 4 is 23.2 Å². The second-order valence-electron chi connectivity index (χ2n) is 6.55. The average molecular weight is 459 g/mol. The van der Waals surface area contributed by atoms with Gasteiger partial charge in [-0.3, -0.25) is 0 Å². The van der Waals surface area contributed by atoms with Crippen molar-refractivity contribution < 1.29 is 18.0 Å². The van der Waals surface area contributed by atoms with Gasteiger partial charge in [-0.2, -0.15) is 5.26 Å². The molecule has 0 amide bonds. The normalized spacial score (nSPS) is 10.8. The molecule has 2 aromatic heterocycles. The highest BCUT2D eigenvalue weighted by atomic mass is 35.5. The second-order valence-corrected chi connectivity index (χ2v) is 7.40. The van der Waals surface area contributed by atoms with Gasteiger partial charge in [-0.1, -0.05) is 29.3 Å². The number of nitrogens with zero attached hydrogens (tertiary/aromatic N) is 4. The number of nitriles is 1. The van der Waals surface area contributed by atoms with Crippen LogP contribution in [-0.4, -0.2) is 15.2 Å². The third-order valence-electron chi connectivity index (χ3n) is 4.26. The van der Waals surface area contributed by atoms with E-state index in [0.29, 0.717) is 17.3 Å². The van der Waals surface area contributed by atoms with Crippen LogP contribution in [0.25, 0.3) is 11.6 Å². The molecule has 0 saturated carbocycles. The van der Waals surface area contributed by atoms with Crippen molar-refractivity contribution in [2.24, 2.45) is 0 Å². The summed E-state index contributed by atoms with van der Waals surface area (Å²) in [5.74, 6) is 0.652. The van der Waals surface area contributed by atoms with Gasteiger partial charge in [-0.15, -0.1) is 10.2 Å². The fourth-order valence-electron chi connectivity index (χ4n) is 2.92. The quantitative estimate of drug-likeness (QED) is 0.359. The van der Waals surface area contributed by atoms with E-state index >= 15 is 4.39 Å². The largest absolute Gasteiger partial charge is 0.453 e. The van der Waals surface area contributed by atoms with Crippen LogP contribution in [0.15, 0.2) is 39.2 Å². The fraction of sp³-hybridized carbons (Fsp3) is 0.143. The Morgan fingerprint density at radius 3 is 2.65 bits per heavy atom. The summed E-state index contributed by atoms with van der Waals surface area (Å²) in [7, 11) is 0. The number of aromatic nitrogens is 3. The van der Waals surface area contributed by atoms with Crippen molar-refractivity contribution in [3.63, 3.8) is 0 Å². The summed E-state index contributed by atoms with van der Waals surface area (Å²) in [4.78, 5) is 4.20. The minimum atomic E-state index is -0.695. The Morgan fingerprint density at radius 2 is 1.94 bits per heavy atom. The molecule has 0 N–H and O–H groups in total. The Bertz CT molecular complexity index is 1330. The first-order valence-electron chi connectivity index (χ1n) is 8.96. The molecule has 2 heterocycles. The number of hydrogen-bond acceptors (Lipinski definition) is 7. The van der Waals surface area contributed by atoms with Crippen LogP contribution in [0.1, 0.15) is 28.7 Å². The van der Waals surface area contributed by atoms with E-state index in [-0.39, 0.29) is 50.9 Å². The minimum absolute atomic E-state index is 0.00123. The third-order valence-corrected chi connectivity index (χ3v) is 4.78. The lowest BCUT2D eigenvalue weighted by Gasteiger charge is -2.11. The number of benzene rings is 2. The molecule has 0 radical (unpaired) electrons. The summed E-state index contributed by atoms with van der Waals surface area (Å²) in [5, 5.41) is 17.3. The first-order chi connectivity index (χ1) is 14.8. The number of rotatable bonds is 5. The van der Waals surface area contributed by atoms with Crippen LogP contribution in [0.4, 0.5) is 4.39 Å². The van der Waals surface area contributed by atoms with E-state index in [1.165, 1.54) is 30.3 Å². The van der Waals surface area contributed by atoms with Gasteiger partial charge < -0.3 is 13.6 Å². The van der Waals surface area contributed by atoms with Gasteiger partial charge in [0.15, 0.2) is 23.2 Å². The molecule has 156 valence electrons. The molecule has 0 saturated heterocycles. The maximum Gasteiger partial charge on any atom is 0.269 e. The van der Waals surface area contributed by atoms with Gasteiger partial charge in [0.2, 0.25) is 5.89 Å². The zero-order valence-corrected chi connectivity index (χ0v) is 17.8. The molecule has 31 heavy (non-hydrogen) atoms. The summed E-state index contributed by atoms with van der Waals surface area (Å²) in [6.45, 7) is 3.44. The van der Waals surface area contributed by atoms with Crippen LogP contribution >= 0.6 is 23.2 Å². The number of aryl methyl sites for hydroxylation is 2. The highest BCUT2D eigenvalue weighted by Crippen LogP contribution is 2.36. The Balaban J connectivity index is 1.62. The molecule has 7 nitrogen and oxygen atoms in total. The Kier molecular flexibility index (Phi) is 5.63. The van der Waals surface area contributed by atoms with E-state index in [9.17, 15) is 0 Å². The van der Waals surface area contributed by atoms with Crippen LogP contribution < -0.4 is 4.74 Å². The van der Waals surface area contributed by atoms with Crippen LogP contribution in [0, 0.1) is 31.0 Å². The number of halogens is 3. The van der Waals surface area contributed by atoms with Gasteiger partial charge in [0.25, 0.3) is 5.89 Å². The molecule has 0 fully saturated rings. The molecule has 4 rings (SSSR count). The molecule has 2 aromatic carbocycles. The van der Waals surface area contributed by atoms with Gasteiger partial charge in [-0.25, -0.2) is 9.37 Å². The highest BCUT2D eigenvalue weighted by Gasteiger charge is 2.20. The predicted octanol–water partition coefficient (Wildman–Crippen LogP) is 6.04. The smallest absolute Gasteiger partial charge is 0.269 e. The van der Waals surface area contributed by atoms with Crippen molar-refractivity contribution in [2.75, 3.05) is 0 Å². The van der Waals surface area contributed by atoms with Crippen LogP contribution in [0.5, 0.6) is 11.5 Å². The van der Waals surface area contributed by atoms with E-state index in [1.54, 1.807) is 13.8 Å². The molecule has 0 aliphatic rings. The third kappa shape index (κ3) is 4.38. The van der Waals surface area contributed by atoms with E-state index in [2.05, 4.69) is 15.2 Å². The topological polar surface area (TPSA) is 98.0 Å². The molecule has 10 heteroatoms. The van der Waals surface area contributed by atoms with Crippen LogP contribution in [0.2, 0.25) is 10.0 Å². The van der Waals surface area contributed by atoms with Crippen molar-refractivity contribution in [1.29, 1.82) is 5.26 Å². The molecule has 0 spiro atoms. The molecule has 4 aromatic rings. The molecule has 0 aliphatic carbocycles. The maximum absolute atomic E-state index is 15.2. The first-order valence-corrected chi connectivity index (χ1v) is 9.72. The first kappa shape index (κ1) is 20.8. The Morgan fingerprint density at radius 1 is 1.13 bits per heavy atom. The average Bonchev–Trinajstić information content (AvgIpc) is 3.32.